The van der Waals surface area contributed by atoms with Gasteiger partial charge < -0.3 is 14.7 Å². The van der Waals surface area contributed by atoms with E-state index >= 15 is 0 Å². The molecular formula is C22H41O5P3. The summed E-state index contributed by atoms with van der Waals surface area (Å²) in [6.07, 6.45) is 10.5. The number of carbonyl (C=O) groups excluding carboxylic acids is 2. The van der Waals surface area contributed by atoms with Gasteiger partial charge in [0.1, 0.15) is 13.3 Å². The van der Waals surface area contributed by atoms with Crippen molar-refractivity contribution in [1.82, 2.24) is 0 Å². The highest BCUT2D eigenvalue weighted by atomic mass is 32.4. The molecule has 1 aliphatic rings. The molecule has 0 aromatic rings. The fraction of sp³-hybridized carbons (Fsp3) is 0.818. The lowest BCUT2D eigenvalue weighted by atomic mass is 9.80. The van der Waals surface area contributed by atoms with Gasteiger partial charge >= 0.3 is 5.97 Å². The third-order valence-corrected chi connectivity index (χ3v) is 7.45. The van der Waals surface area contributed by atoms with Crippen LogP contribution < -0.4 is 0 Å². The molecule has 0 amide bonds. The molecule has 0 heterocycles. The number of rotatable bonds is 14. The Labute approximate surface area is 188 Å². The Kier molecular flexibility index (Phi) is 13.4. The second-order valence-corrected chi connectivity index (χ2v) is 14.8. The number of carbonyl (C=O) groups is 2. The van der Waals surface area contributed by atoms with E-state index in [-0.39, 0.29) is 29.0 Å². The second kappa shape index (κ2) is 14.3. The highest BCUT2D eigenvalue weighted by Gasteiger charge is 2.41. The Bertz CT molecular complexity index is 565. The monoisotopic (exact) mass is 478 g/mol. The number of hydrogen-bond acceptors (Lipinski definition) is 5. The van der Waals surface area contributed by atoms with Crippen LogP contribution in [0.4, 0.5) is 0 Å². The molecule has 1 aliphatic carbocycles. The molecular weight excluding hydrogens is 437 g/mol. The van der Waals surface area contributed by atoms with E-state index in [1.54, 1.807) is 0 Å². The van der Waals surface area contributed by atoms with Crippen molar-refractivity contribution in [2.24, 2.45) is 17.3 Å². The van der Waals surface area contributed by atoms with Crippen molar-refractivity contribution < 1.29 is 24.3 Å². The Morgan fingerprint density at radius 1 is 1.07 bits per heavy atom. The van der Waals surface area contributed by atoms with Crippen LogP contribution in [0.15, 0.2) is 12.2 Å². The average Bonchev–Trinajstić information content (AvgIpc) is 2.93. The molecule has 6 unspecified atom stereocenters. The molecule has 2 N–H and O–H groups in total. The molecule has 0 aromatic carbocycles. The summed E-state index contributed by atoms with van der Waals surface area (Å²) in [5, 5.41) is 20.7. The molecule has 8 heteroatoms. The van der Waals surface area contributed by atoms with Crippen molar-refractivity contribution >= 4 is 37.1 Å². The topological polar surface area (TPSA) is 83.8 Å². The number of aliphatic hydroxyl groups is 2. The molecule has 174 valence electrons. The Morgan fingerprint density at radius 2 is 1.73 bits per heavy atom. The minimum Gasteiger partial charge on any atom is -0.437 e. The first kappa shape index (κ1) is 28.1. The van der Waals surface area contributed by atoms with Crippen molar-refractivity contribution in [2.75, 3.05) is 0 Å². The maximum absolute atomic E-state index is 12.4. The molecule has 0 bridgehead atoms. The first-order valence-electron chi connectivity index (χ1n) is 11.1. The van der Waals surface area contributed by atoms with Crippen LogP contribution in [0.1, 0.15) is 85.0 Å². The summed E-state index contributed by atoms with van der Waals surface area (Å²) in [5.74, 6) is 0.0922. The minimum absolute atomic E-state index is 0.0114. The number of Topliss-reactive ketones (excluding diaryl/α,β-unsaturated/α-hetero) is 1. The quantitative estimate of drug-likeness (QED) is 0.194. The van der Waals surface area contributed by atoms with Crippen LogP contribution in [0.25, 0.3) is 0 Å². The maximum Gasteiger partial charge on any atom is 0.309 e. The molecule has 5 nitrogen and oxygen atoms in total. The van der Waals surface area contributed by atoms with Crippen molar-refractivity contribution in [1.29, 1.82) is 0 Å². The first-order chi connectivity index (χ1) is 14.1. The van der Waals surface area contributed by atoms with E-state index in [0.29, 0.717) is 25.7 Å². The van der Waals surface area contributed by atoms with Crippen LogP contribution >= 0.6 is 25.4 Å². The number of unbranched alkanes of at least 4 members (excludes halogenated alkanes) is 3. The lowest BCUT2D eigenvalue weighted by Crippen LogP contribution is -2.27. The van der Waals surface area contributed by atoms with Crippen LogP contribution in [-0.4, -0.2) is 34.2 Å². The minimum atomic E-state index is -0.786. The molecule has 1 fully saturated rings. The zero-order valence-electron chi connectivity index (χ0n) is 18.8. The van der Waals surface area contributed by atoms with E-state index in [0.717, 1.165) is 38.5 Å². The van der Waals surface area contributed by atoms with Gasteiger partial charge in [0.2, 0.25) is 0 Å². The molecule has 1 rings (SSSR count). The van der Waals surface area contributed by atoms with E-state index in [1.807, 2.05) is 20.8 Å². The lowest BCUT2D eigenvalue weighted by Gasteiger charge is -2.25. The largest absolute Gasteiger partial charge is 0.437 e. The van der Waals surface area contributed by atoms with Gasteiger partial charge in [0, 0.05) is 18.3 Å². The standard InChI is InChI=1S/C22H41O5P3/c1-4-22(2,3)20(25)14-13-17-16(18(23)15-19(17)24)11-9-7-5-6-8-10-12-21(26)27-30(28)29/h7,9,16-19,23-24H,4-6,8,10-15,28-29H2,1-3H3/b9-7+. The van der Waals surface area contributed by atoms with Crippen molar-refractivity contribution in [3.8, 4) is 0 Å². The van der Waals surface area contributed by atoms with Crippen LogP contribution in [0.2, 0.25) is 0 Å². The molecule has 30 heavy (non-hydrogen) atoms. The van der Waals surface area contributed by atoms with E-state index in [9.17, 15) is 19.8 Å². The predicted octanol–water partition coefficient (Wildman–Crippen LogP) is 5.55. The third kappa shape index (κ3) is 10.1. The zero-order valence-corrected chi connectivity index (χ0v) is 22.0. The highest BCUT2D eigenvalue weighted by molar-refractivity contribution is 8.41. The fourth-order valence-corrected chi connectivity index (χ4v) is 5.01. The Morgan fingerprint density at radius 3 is 2.37 bits per heavy atom. The van der Waals surface area contributed by atoms with Gasteiger partial charge in [-0.3, -0.25) is 9.59 Å². The van der Waals surface area contributed by atoms with Gasteiger partial charge in [0.15, 0.2) is 0 Å². The molecule has 0 radical (unpaired) electrons. The van der Waals surface area contributed by atoms with E-state index < -0.39 is 19.7 Å². The van der Waals surface area contributed by atoms with Gasteiger partial charge in [-0.1, -0.05) is 57.2 Å². The van der Waals surface area contributed by atoms with E-state index in [1.165, 1.54) is 0 Å². The molecule has 0 spiro atoms. The zero-order chi connectivity index (χ0) is 22.7. The summed E-state index contributed by atoms with van der Waals surface area (Å²) in [6.45, 7) is 5.97. The predicted molar refractivity (Wildman–Crippen MR) is 131 cm³/mol. The van der Waals surface area contributed by atoms with Gasteiger partial charge in [-0.25, -0.2) is 0 Å². The summed E-state index contributed by atoms with van der Waals surface area (Å²) >= 11 is 0. The SMILES string of the molecule is CCC(C)(C)C(=O)CCC1C(O)CC(O)C1C/C=C/CCCCCC(=O)OP(P)P. The van der Waals surface area contributed by atoms with E-state index in [2.05, 4.69) is 30.0 Å². The Hall–Kier alpha value is 0.0900. The number of allylic oxidation sites excluding steroid dienone is 2. The molecule has 6 atom stereocenters. The third-order valence-electron chi connectivity index (χ3n) is 6.40. The molecule has 0 saturated heterocycles. The van der Waals surface area contributed by atoms with Crippen molar-refractivity contribution in [3.05, 3.63) is 12.2 Å². The van der Waals surface area contributed by atoms with Crippen molar-refractivity contribution in [2.45, 2.75) is 97.2 Å². The fourth-order valence-electron chi connectivity index (χ4n) is 3.98. The smallest absolute Gasteiger partial charge is 0.309 e. The summed E-state index contributed by atoms with van der Waals surface area (Å²) < 4.78 is 5.11. The summed E-state index contributed by atoms with van der Waals surface area (Å²) in [6, 6.07) is 0. The van der Waals surface area contributed by atoms with E-state index in [4.69, 9.17) is 4.52 Å². The summed E-state index contributed by atoms with van der Waals surface area (Å²) in [5.41, 5.74) is -0.318. The van der Waals surface area contributed by atoms with Crippen molar-refractivity contribution in [3.63, 3.8) is 0 Å². The first-order valence-corrected chi connectivity index (χ1v) is 15.6. The number of aliphatic hydroxyl groups excluding tert-OH is 2. The normalized spacial score (nSPS) is 24.7. The number of ketones is 1. The maximum atomic E-state index is 12.4. The molecule has 0 aromatic heterocycles. The van der Waals surface area contributed by atoms with Gasteiger partial charge in [-0.15, -0.1) is 0 Å². The average molecular weight is 478 g/mol. The second-order valence-electron chi connectivity index (χ2n) is 9.03. The van der Waals surface area contributed by atoms with Crippen LogP contribution in [0, 0.1) is 17.3 Å². The molecule has 1 saturated carbocycles. The van der Waals surface area contributed by atoms with Crippen LogP contribution in [0.5, 0.6) is 0 Å². The molecule has 0 aliphatic heterocycles. The Balaban J connectivity index is 2.34. The van der Waals surface area contributed by atoms with Crippen LogP contribution in [-0.2, 0) is 14.1 Å². The highest BCUT2D eigenvalue weighted by Crippen LogP contribution is 2.53. The lowest BCUT2D eigenvalue weighted by molar-refractivity contribution is -0.133. The summed E-state index contributed by atoms with van der Waals surface area (Å²) in [4.78, 5) is 23.9. The van der Waals surface area contributed by atoms with Crippen LogP contribution in [0.3, 0.4) is 0 Å². The van der Waals surface area contributed by atoms with Gasteiger partial charge in [0.25, 0.3) is 0 Å². The summed E-state index contributed by atoms with van der Waals surface area (Å²) in [7, 11) is 4.17. The van der Waals surface area contributed by atoms with Gasteiger partial charge in [-0.05, 0) is 56.8 Å². The van der Waals surface area contributed by atoms with Gasteiger partial charge in [-0.2, -0.15) is 0 Å². The van der Waals surface area contributed by atoms with Gasteiger partial charge in [0.05, 0.1) is 12.2 Å². The number of hydrogen-bond donors (Lipinski definition) is 2.